The maximum Gasteiger partial charge on any atom is 0.119 e. The number of anilines is 6. The maximum atomic E-state index is 5.39. The van der Waals surface area contributed by atoms with Crippen LogP contribution >= 0.6 is 15.9 Å². The molecule has 212 valence electrons. The zero-order valence-electron chi connectivity index (χ0n) is 24.0. The Morgan fingerprint density at radius 1 is 0.372 bits per heavy atom. The first-order valence-corrected chi connectivity index (χ1v) is 14.8. The highest BCUT2D eigenvalue weighted by molar-refractivity contribution is 9.10. The molecule has 0 spiro atoms. The molecule has 0 aliphatic heterocycles. The Kier molecular flexibility index (Phi) is 8.43. The first-order chi connectivity index (χ1) is 21.1. The minimum absolute atomic E-state index is 0.830. The molecule has 0 radical (unpaired) electrons. The highest BCUT2D eigenvalue weighted by Crippen LogP contribution is 2.38. The molecule has 0 aliphatic rings. The standard InChI is InChI=1S/C38H31BrN2O2/c1-42-37-24-20-35(21-25-37)40(31-6-4-3-5-7-31)32-14-8-28(9-15-32)29-10-16-33(17-11-29)41(34-18-12-30(39)13-19-34)36-22-26-38(43-2)27-23-36/h3-27H,1-2H3. The molecule has 4 nitrogen and oxygen atoms in total. The van der Waals surface area contributed by atoms with Crippen LogP contribution in [0, 0.1) is 0 Å². The lowest BCUT2D eigenvalue weighted by atomic mass is 10.0. The molecule has 0 bridgehead atoms. The van der Waals surface area contributed by atoms with Crippen molar-refractivity contribution in [3.8, 4) is 22.6 Å². The molecule has 6 aromatic carbocycles. The fraction of sp³-hybridized carbons (Fsp3) is 0.0526. The van der Waals surface area contributed by atoms with E-state index >= 15 is 0 Å². The Morgan fingerprint density at radius 2 is 0.674 bits per heavy atom. The first kappa shape index (κ1) is 28.1. The molecule has 0 atom stereocenters. The van der Waals surface area contributed by atoms with Crippen molar-refractivity contribution in [1.29, 1.82) is 0 Å². The van der Waals surface area contributed by atoms with Gasteiger partial charge in [-0.25, -0.2) is 0 Å². The van der Waals surface area contributed by atoms with E-state index in [0.717, 1.165) is 61.2 Å². The SMILES string of the molecule is COc1ccc(N(c2ccccc2)c2ccc(-c3ccc(N(c4ccc(Br)cc4)c4ccc(OC)cc4)cc3)cc2)cc1. The molecule has 0 saturated carbocycles. The lowest BCUT2D eigenvalue weighted by Gasteiger charge is -2.26. The third-order valence-corrected chi connectivity index (χ3v) is 7.87. The van der Waals surface area contributed by atoms with Gasteiger partial charge in [0.05, 0.1) is 14.2 Å². The van der Waals surface area contributed by atoms with Crippen molar-refractivity contribution in [3.63, 3.8) is 0 Å². The summed E-state index contributed by atoms with van der Waals surface area (Å²) < 4.78 is 11.8. The van der Waals surface area contributed by atoms with Gasteiger partial charge in [-0.3, -0.25) is 0 Å². The summed E-state index contributed by atoms with van der Waals surface area (Å²) in [4.78, 5) is 4.49. The summed E-state index contributed by atoms with van der Waals surface area (Å²) >= 11 is 3.56. The van der Waals surface area contributed by atoms with Gasteiger partial charge < -0.3 is 19.3 Å². The van der Waals surface area contributed by atoms with Crippen molar-refractivity contribution in [1.82, 2.24) is 0 Å². The number of hydrogen-bond acceptors (Lipinski definition) is 4. The van der Waals surface area contributed by atoms with Gasteiger partial charge in [0.2, 0.25) is 0 Å². The summed E-state index contributed by atoms with van der Waals surface area (Å²) in [5.41, 5.74) is 8.74. The van der Waals surface area contributed by atoms with Gasteiger partial charge in [-0.2, -0.15) is 0 Å². The van der Waals surface area contributed by atoms with Gasteiger partial charge in [0.15, 0.2) is 0 Å². The van der Waals surface area contributed by atoms with Crippen molar-refractivity contribution >= 4 is 50.1 Å². The van der Waals surface area contributed by atoms with E-state index in [0.29, 0.717) is 0 Å². The second kappa shape index (κ2) is 12.9. The summed E-state index contributed by atoms with van der Waals surface area (Å²) in [6.07, 6.45) is 0. The van der Waals surface area contributed by atoms with Gasteiger partial charge in [0, 0.05) is 38.6 Å². The quantitative estimate of drug-likeness (QED) is 0.159. The van der Waals surface area contributed by atoms with Crippen LogP contribution in [0.4, 0.5) is 34.1 Å². The molecule has 0 amide bonds. The molecule has 43 heavy (non-hydrogen) atoms. The maximum absolute atomic E-state index is 5.39. The van der Waals surface area contributed by atoms with Gasteiger partial charge in [0.1, 0.15) is 11.5 Å². The predicted octanol–water partition coefficient (Wildman–Crippen LogP) is 11.1. The third-order valence-electron chi connectivity index (χ3n) is 7.34. The molecule has 0 aromatic heterocycles. The summed E-state index contributed by atoms with van der Waals surface area (Å²) in [5, 5.41) is 0. The molecule has 0 N–H and O–H groups in total. The van der Waals surface area contributed by atoms with E-state index < -0.39 is 0 Å². The summed E-state index contributed by atoms with van der Waals surface area (Å²) in [6.45, 7) is 0. The van der Waals surface area contributed by atoms with Crippen LogP contribution in [-0.4, -0.2) is 14.2 Å². The topological polar surface area (TPSA) is 24.9 Å². The van der Waals surface area contributed by atoms with Crippen LogP contribution in [-0.2, 0) is 0 Å². The van der Waals surface area contributed by atoms with E-state index in [-0.39, 0.29) is 0 Å². The molecular formula is C38H31BrN2O2. The minimum atomic E-state index is 0.830. The van der Waals surface area contributed by atoms with Gasteiger partial charge in [0.25, 0.3) is 0 Å². The molecule has 0 aliphatic carbocycles. The van der Waals surface area contributed by atoms with Crippen LogP contribution in [0.2, 0.25) is 0 Å². The van der Waals surface area contributed by atoms with Crippen molar-refractivity contribution in [3.05, 3.63) is 156 Å². The zero-order valence-corrected chi connectivity index (χ0v) is 25.6. The van der Waals surface area contributed by atoms with Gasteiger partial charge in [-0.1, -0.05) is 58.4 Å². The highest BCUT2D eigenvalue weighted by atomic mass is 79.9. The Bertz CT molecular complexity index is 1750. The van der Waals surface area contributed by atoms with Crippen LogP contribution in [0.5, 0.6) is 11.5 Å². The van der Waals surface area contributed by atoms with Crippen LogP contribution in [0.3, 0.4) is 0 Å². The summed E-state index contributed by atoms with van der Waals surface area (Å²) in [5.74, 6) is 1.66. The number of rotatable bonds is 9. The van der Waals surface area contributed by atoms with E-state index in [1.165, 1.54) is 0 Å². The van der Waals surface area contributed by atoms with Crippen LogP contribution in [0.25, 0.3) is 11.1 Å². The number of nitrogens with zero attached hydrogens (tertiary/aromatic N) is 2. The van der Waals surface area contributed by atoms with Crippen molar-refractivity contribution in [2.45, 2.75) is 0 Å². The minimum Gasteiger partial charge on any atom is -0.497 e. The number of methoxy groups -OCH3 is 2. The van der Waals surface area contributed by atoms with E-state index in [2.05, 4.69) is 147 Å². The summed E-state index contributed by atoms with van der Waals surface area (Å²) in [7, 11) is 3.37. The lowest BCUT2D eigenvalue weighted by Crippen LogP contribution is -2.10. The average molecular weight is 628 g/mol. The number of ether oxygens (including phenoxy) is 2. The van der Waals surface area contributed by atoms with Crippen LogP contribution in [0.15, 0.2) is 156 Å². The highest BCUT2D eigenvalue weighted by Gasteiger charge is 2.15. The average Bonchev–Trinajstić information content (AvgIpc) is 3.08. The molecule has 6 rings (SSSR count). The monoisotopic (exact) mass is 626 g/mol. The normalized spacial score (nSPS) is 10.7. The second-order valence-corrected chi connectivity index (χ2v) is 10.9. The Hall–Kier alpha value is -5.00. The van der Waals surface area contributed by atoms with Crippen molar-refractivity contribution in [2.24, 2.45) is 0 Å². The van der Waals surface area contributed by atoms with Crippen LogP contribution < -0.4 is 19.3 Å². The number of halogens is 1. The summed E-state index contributed by atoms with van der Waals surface area (Å²) in [6, 6.07) is 52.4. The second-order valence-electron chi connectivity index (χ2n) is 9.97. The molecule has 6 aromatic rings. The lowest BCUT2D eigenvalue weighted by molar-refractivity contribution is 0.414. The molecule has 0 heterocycles. The van der Waals surface area contributed by atoms with E-state index in [4.69, 9.17) is 9.47 Å². The van der Waals surface area contributed by atoms with Gasteiger partial charge in [-0.15, -0.1) is 0 Å². The number of para-hydroxylation sites is 1. The largest absolute Gasteiger partial charge is 0.497 e. The molecular weight excluding hydrogens is 596 g/mol. The molecule has 5 heteroatoms. The smallest absolute Gasteiger partial charge is 0.119 e. The Balaban J connectivity index is 1.30. The first-order valence-electron chi connectivity index (χ1n) is 14.0. The predicted molar refractivity (Wildman–Crippen MR) is 182 cm³/mol. The third kappa shape index (κ3) is 6.27. The van der Waals surface area contributed by atoms with Crippen molar-refractivity contribution in [2.75, 3.05) is 24.0 Å². The molecule has 0 saturated heterocycles. The molecule has 0 fully saturated rings. The Morgan fingerprint density at radius 3 is 1.02 bits per heavy atom. The van der Waals surface area contributed by atoms with E-state index in [9.17, 15) is 0 Å². The molecule has 0 unspecified atom stereocenters. The van der Waals surface area contributed by atoms with E-state index in [1.807, 2.05) is 30.3 Å². The van der Waals surface area contributed by atoms with Crippen LogP contribution in [0.1, 0.15) is 0 Å². The van der Waals surface area contributed by atoms with Crippen molar-refractivity contribution < 1.29 is 9.47 Å². The van der Waals surface area contributed by atoms with E-state index in [1.54, 1.807) is 14.2 Å². The van der Waals surface area contributed by atoms with Gasteiger partial charge >= 0.3 is 0 Å². The number of hydrogen-bond donors (Lipinski definition) is 0. The Labute approximate surface area is 261 Å². The zero-order chi connectivity index (χ0) is 29.6. The number of benzene rings is 6. The van der Waals surface area contributed by atoms with Gasteiger partial charge in [-0.05, 0) is 120 Å². The fourth-order valence-electron chi connectivity index (χ4n) is 5.13. The fourth-order valence-corrected chi connectivity index (χ4v) is 5.39.